The lowest BCUT2D eigenvalue weighted by Crippen LogP contribution is -2.61. The zero-order chi connectivity index (χ0) is 20.6. The highest BCUT2D eigenvalue weighted by Gasteiger charge is 2.54. The fraction of sp³-hybridized carbons (Fsp3) is 0.444. The highest BCUT2D eigenvalue weighted by molar-refractivity contribution is 7.80. The Morgan fingerprint density at radius 3 is 2.79 bits per heavy atom. The van der Waals surface area contributed by atoms with Gasteiger partial charge in [-0.05, 0) is 36.8 Å². The number of rotatable bonds is 3. The van der Waals surface area contributed by atoms with Gasteiger partial charge in [0, 0.05) is 5.69 Å². The summed E-state index contributed by atoms with van der Waals surface area (Å²) in [7, 11) is 0. The summed E-state index contributed by atoms with van der Waals surface area (Å²) in [5.74, 6) is 0.951. The number of hydrogen-bond donors (Lipinski definition) is 4. The molecule has 6 nitrogen and oxygen atoms in total. The number of aliphatic hydroxyl groups is 2. The minimum Gasteiger partial charge on any atom is -0.390 e. The quantitative estimate of drug-likeness (QED) is 0.430. The van der Waals surface area contributed by atoms with Gasteiger partial charge in [-0.3, -0.25) is 4.79 Å². The Morgan fingerprint density at radius 2 is 2.14 bits per heavy atom. The van der Waals surface area contributed by atoms with Crippen LogP contribution in [-0.4, -0.2) is 52.1 Å². The molecule has 28 heavy (non-hydrogen) atoms. The third-order valence-electron chi connectivity index (χ3n) is 5.00. The fourth-order valence-electron chi connectivity index (χ4n) is 3.74. The molecule has 0 aromatic heterocycles. The van der Waals surface area contributed by atoms with E-state index in [0.29, 0.717) is 0 Å². The number of benzene rings is 1. The Hall–Kier alpha value is -2.35. The molecule has 0 spiro atoms. The van der Waals surface area contributed by atoms with Crippen molar-refractivity contribution in [1.82, 2.24) is 10.6 Å². The van der Waals surface area contributed by atoms with Gasteiger partial charge in [-0.2, -0.15) is 13.2 Å². The molecule has 3 rings (SSSR count). The Kier molecular flexibility index (Phi) is 5.52. The van der Waals surface area contributed by atoms with Crippen molar-refractivity contribution in [2.24, 2.45) is 5.92 Å². The van der Waals surface area contributed by atoms with Crippen molar-refractivity contribution in [2.75, 3.05) is 11.4 Å². The van der Waals surface area contributed by atoms with Crippen molar-refractivity contribution in [3.63, 3.8) is 0 Å². The molecule has 2 aliphatic rings. The number of carbonyl (C=O) groups excluding carboxylic acids is 1. The van der Waals surface area contributed by atoms with Gasteiger partial charge in [0.15, 0.2) is 5.11 Å². The predicted molar refractivity (Wildman–Crippen MR) is 99.2 cm³/mol. The van der Waals surface area contributed by atoms with Gasteiger partial charge in [-0.25, -0.2) is 0 Å². The van der Waals surface area contributed by atoms with Gasteiger partial charge in [-0.15, -0.1) is 6.42 Å². The number of nitrogens with one attached hydrogen (secondary N) is 2. The number of amides is 1. The van der Waals surface area contributed by atoms with Crippen molar-refractivity contribution < 1.29 is 28.2 Å². The van der Waals surface area contributed by atoms with Crippen molar-refractivity contribution >= 4 is 28.9 Å². The first kappa shape index (κ1) is 20.4. The normalized spacial score (nSPS) is 29.6. The molecule has 1 aliphatic carbocycles. The lowest BCUT2D eigenvalue weighted by molar-refractivity contribution is -0.137. The summed E-state index contributed by atoms with van der Waals surface area (Å²) in [6.45, 7) is -0.0349. The van der Waals surface area contributed by atoms with Crippen LogP contribution in [0.5, 0.6) is 0 Å². The lowest BCUT2D eigenvalue weighted by Gasteiger charge is -2.41. The number of halogens is 3. The van der Waals surface area contributed by atoms with Gasteiger partial charge in [0.1, 0.15) is 6.10 Å². The van der Waals surface area contributed by atoms with Crippen LogP contribution in [0.15, 0.2) is 24.3 Å². The smallest absolute Gasteiger partial charge is 0.390 e. The summed E-state index contributed by atoms with van der Waals surface area (Å²) in [5.41, 5.74) is -0.723. The van der Waals surface area contributed by atoms with E-state index in [1.807, 2.05) is 0 Å². The fourth-order valence-corrected chi connectivity index (χ4v) is 4.11. The summed E-state index contributed by atoms with van der Waals surface area (Å²) in [6, 6.07) is 2.95. The van der Waals surface area contributed by atoms with E-state index in [1.54, 1.807) is 0 Å². The van der Waals surface area contributed by atoms with Gasteiger partial charge < -0.3 is 25.7 Å². The van der Waals surface area contributed by atoms with E-state index in [0.717, 1.165) is 12.1 Å². The first-order valence-corrected chi connectivity index (χ1v) is 8.90. The minimum absolute atomic E-state index is 0.0349. The van der Waals surface area contributed by atoms with Crippen molar-refractivity contribution in [3.05, 3.63) is 29.8 Å². The molecule has 1 aromatic carbocycles. The van der Waals surface area contributed by atoms with Crippen molar-refractivity contribution in [1.29, 1.82) is 0 Å². The zero-order valence-corrected chi connectivity index (χ0v) is 15.3. The predicted octanol–water partition coefficient (Wildman–Crippen LogP) is 0.628. The van der Waals surface area contributed by atoms with Gasteiger partial charge in [-0.1, -0.05) is 12.0 Å². The summed E-state index contributed by atoms with van der Waals surface area (Å²) in [4.78, 5) is 14.0. The van der Waals surface area contributed by atoms with Crippen LogP contribution in [-0.2, 0) is 11.0 Å². The third kappa shape index (κ3) is 3.65. The zero-order valence-electron chi connectivity index (χ0n) is 14.5. The Labute approximate surface area is 164 Å². The third-order valence-corrected chi connectivity index (χ3v) is 5.31. The maximum Gasteiger partial charge on any atom is 0.416 e. The molecule has 1 aromatic rings. The molecule has 150 valence electrons. The number of thiocarbonyl (C=S) groups is 1. The molecule has 5 atom stereocenters. The van der Waals surface area contributed by atoms with E-state index >= 15 is 0 Å². The van der Waals surface area contributed by atoms with E-state index in [4.69, 9.17) is 18.6 Å². The largest absolute Gasteiger partial charge is 0.416 e. The van der Waals surface area contributed by atoms with Crippen molar-refractivity contribution in [3.8, 4) is 12.3 Å². The van der Waals surface area contributed by atoms with Crippen LogP contribution in [0.4, 0.5) is 18.9 Å². The molecular formula is C18H18F3N3O3S. The van der Waals surface area contributed by atoms with Gasteiger partial charge >= 0.3 is 6.18 Å². The maximum atomic E-state index is 13.1. The van der Waals surface area contributed by atoms with Gasteiger partial charge in [0.25, 0.3) is 0 Å². The second kappa shape index (κ2) is 7.58. The second-order valence-electron chi connectivity index (χ2n) is 6.71. The molecule has 1 heterocycles. The van der Waals surface area contributed by atoms with E-state index in [2.05, 4.69) is 16.6 Å². The number of fused-ring (bicyclic) bond motifs is 1. The topological polar surface area (TPSA) is 84.8 Å². The number of carbonyl (C=O) groups is 1. The molecule has 0 unspecified atom stereocenters. The molecule has 1 aliphatic heterocycles. The summed E-state index contributed by atoms with van der Waals surface area (Å²) >= 11 is 5.27. The van der Waals surface area contributed by atoms with Crippen LogP contribution in [0.2, 0.25) is 0 Å². The number of alkyl halides is 3. The average Bonchev–Trinajstić information content (AvgIpc) is 2.99. The number of hydrogen-bond acceptors (Lipinski definition) is 4. The number of terminal acetylenes is 1. The lowest BCUT2D eigenvalue weighted by atomic mass is 9.77. The molecule has 0 bridgehead atoms. The van der Waals surface area contributed by atoms with Crippen LogP contribution < -0.4 is 15.5 Å². The second-order valence-corrected chi connectivity index (χ2v) is 7.09. The first-order chi connectivity index (χ1) is 13.1. The Morgan fingerprint density at radius 1 is 1.43 bits per heavy atom. The summed E-state index contributed by atoms with van der Waals surface area (Å²) in [5, 5.41) is 25.9. The van der Waals surface area contributed by atoms with Gasteiger partial charge in [0.05, 0.1) is 36.2 Å². The molecule has 4 N–H and O–H groups in total. The van der Waals surface area contributed by atoms with E-state index in [-0.39, 0.29) is 23.8 Å². The highest BCUT2D eigenvalue weighted by atomic mass is 32.1. The molecule has 1 amide bonds. The van der Waals surface area contributed by atoms with Crippen LogP contribution in [0.3, 0.4) is 0 Å². The van der Waals surface area contributed by atoms with Crippen molar-refractivity contribution in [2.45, 2.75) is 36.9 Å². The Balaban J connectivity index is 2.00. The molecule has 0 radical (unpaired) electrons. The molecule has 2 fully saturated rings. The standard InChI is InChI=1S/C18H18F3N3O3S/c1-2-6-22-16(27)11-8-12(25)15(26)13-14(11)24(17(28)23-13)10-5-3-4-9(7-10)18(19,20)21/h1,3-5,7,11-15,25-26H,6,8H2,(H,22,27)(H,23,28)/t11-,12+,13-,14+,15-/m0/s1. The molecule has 1 saturated carbocycles. The minimum atomic E-state index is -4.55. The van der Waals surface area contributed by atoms with Crippen LogP contribution >= 0.6 is 12.2 Å². The van der Waals surface area contributed by atoms with Gasteiger partial charge in [0.2, 0.25) is 5.91 Å². The van der Waals surface area contributed by atoms with E-state index in [1.165, 1.54) is 17.0 Å². The number of aliphatic hydroxyl groups excluding tert-OH is 2. The molecule has 10 heteroatoms. The summed E-state index contributed by atoms with van der Waals surface area (Å²) in [6.07, 6.45) is -1.91. The Bertz CT molecular complexity index is 826. The van der Waals surface area contributed by atoms with Crippen LogP contribution in [0, 0.1) is 18.3 Å². The van der Waals surface area contributed by atoms with Crippen LogP contribution in [0.1, 0.15) is 12.0 Å². The average molecular weight is 413 g/mol. The monoisotopic (exact) mass is 413 g/mol. The van der Waals surface area contributed by atoms with Crippen LogP contribution in [0.25, 0.3) is 0 Å². The molecule has 1 saturated heterocycles. The van der Waals surface area contributed by atoms with E-state index < -0.39 is 47.9 Å². The first-order valence-electron chi connectivity index (χ1n) is 8.49. The highest BCUT2D eigenvalue weighted by Crippen LogP contribution is 2.38. The maximum absolute atomic E-state index is 13.1. The van der Waals surface area contributed by atoms with E-state index in [9.17, 15) is 28.2 Å². The molecular weight excluding hydrogens is 395 g/mol. The number of nitrogens with zero attached hydrogens (tertiary/aromatic N) is 1. The SMILES string of the molecule is C#CCNC(=O)[C@H]1C[C@@H](O)[C@H](O)[C@H]2NC(=S)N(c3cccc(C(F)(F)F)c3)[C@@H]21. The number of anilines is 1. The summed E-state index contributed by atoms with van der Waals surface area (Å²) < 4.78 is 39.4.